The Morgan fingerprint density at radius 1 is 1.08 bits per heavy atom. The molecule has 0 spiro atoms. The molecule has 0 radical (unpaired) electrons. The average Bonchev–Trinajstić information content (AvgIpc) is 2.84. The summed E-state index contributed by atoms with van der Waals surface area (Å²) < 4.78 is 31.5. The van der Waals surface area contributed by atoms with Crippen LogP contribution in [-0.2, 0) is 26.2 Å². The van der Waals surface area contributed by atoms with E-state index in [9.17, 15) is 18.0 Å². The summed E-state index contributed by atoms with van der Waals surface area (Å²) in [5.41, 5.74) is 2.50. The third-order valence-corrected chi connectivity index (χ3v) is 7.06. The van der Waals surface area contributed by atoms with E-state index in [1.54, 1.807) is 29.2 Å². The van der Waals surface area contributed by atoms with Crippen molar-refractivity contribution < 1.29 is 22.7 Å². The Labute approximate surface area is 215 Å². The highest BCUT2D eigenvalue weighted by Crippen LogP contribution is 2.24. The number of nitrogens with zero attached hydrogens (tertiary/aromatic N) is 2. The maximum atomic E-state index is 13.4. The number of hydrogen-bond donors (Lipinski definition) is 1. The molecule has 9 heteroatoms. The molecule has 8 nitrogen and oxygen atoms in total. The highest BCUT2D eigenvalue weighted by atomic mass is 32.2. The monoisotopic (exact) mass is 517 g/mol. The Morgan fingerprint density at radius 2 is 1.81 bits per heavy atom. The zero-order valence-electron chi connectivity index (χ0n) is 22.0. The minimum atomic E-state index is -3.57. The van der Waals surface area contributed by atoms with Crippen molar-refractivity contribution in [3.05, 3.63) is 59.7 Å². The first-order chi connectivity index (χ1) is 17.1. The summed E-state index contributed by atoms with van der Waals surface area (Å²) in [5.74, 6) is 0.189. The SMILES string of the molecule is CCCNC(=O)C(CC)N(Cc1cccc(C)c1)C(=O)CCCN(c1cccc(OC)c1)S(C)(=O)=O. The van der Waals surface area contributed by atoms with Gasteiger partial charge in [0.05, 0.1) is 19.1 Å². The number of sulfonamides is 1. The Balaban J connectivity index is 2.21. The van der Waals surface area contributed by atoms with E-state index < -0.39 is 16.1 Å². The maximum Gasteiger partial charge on any atom is 0.242 e. The first kappa shape index (κ1) is 29.2. The number of benzene rings is 2. The van der Waals surface area contributed by atoms with Gasteiger partial charge >= 0.3 is 0 Å². The number of nitrogens with one attached hydrogen (secondary N) is 1. The molecule has 1 N–H and O–H groups in total. The van der Waals surface area contributed by atoms with Gasteiger partial charge in [-0.25, -0.2) is 8.42 Å². The van der Waals surface area contributed by atoms with Crippen molar-refractivity contribution in [3.63, 3.8) is 0 Å². The number of rotatable bonds is 14. The van der Waals surface area contributed by atoms with Gasteiger partial charge in [-0.2, -0.15) is 0 Å². The van der Waals surface area contributed by atoms with Crippen LogP contribution in [0.4, 0.5) is 5.69 Å². The lowest BCUT2D eigenvalue weighted by Crippen LogP contribution is -2.49. The molecule has 2 aromatic rings. The summed E-state index contributed by atoms with van der Waals surface area (Å²) in [5, 5.41) is 2.91. The van der Waals surface area contributed by atoms with Gasteiger partial charge in [0.2, 0.25) is 21.8 Å². The van der Waals surface area contributed by atoms with E-state index in [0.717, 1.165) is 23.8 Å². The van der Waals surface area contributed by atoms with Gasteiger partial charge in [-0.05, 0) is 43.9 Å². The molecule has 0 aliphatic heterocycles. The summed E-state index contributed by atoms with van der Waals surface area (Å²) in [6, 6.07) is 14.1. The third kappa shape index (κ3) is 8.55. The largest absolute Gasteiger partial charge is 0.497 e. The van der Waals surface area contributed by atoms with Crippen molar-refractivity contribution in [2.45, 2.75) is 59.0 Å². The topological polar surface area (TPSA) is 96.0 Å². The lowest BCUT2D eigenvalue weighted by atomic mass is 10.1. The molecular weight excluding hydrogens is 478 g/mol. The van der Waals surface area contributed by atoms with Crippen LogP contribution in [0.3, 0.4) is 0 Å². The van der Waals surface area contributed by atoms with Crippen LogP contribution in [0.5, 0.6) is 5.75 Å². The molecule has 2 rings (SSSR count). The Kier molecular flexibility index (Phi) is 11.2. The van der Waals surface area contributed by atoms with Crippen LogP contribution in [0.1, 0.15) is 50.7 Å². The quantitative estimate of drug-likeness (QED) is 0.410. The summed E-state index contributed by atoms with van der Waals surface area (Å²) in [6.07, 6.45) is 2.84. The number of hydrogen-bond acceptors (Lipinski definition) is 5. The third-order valence-electron chi connectivity index (χ3n) is 5.86. The van der Waals surface area contributed by atoms with Crippen LogP contribution in [-0.4, -0.2) is 57.6 Å². The standard InChI is InChI=1S/C27H39N3O5S/c1-6-16-28-27(32)25(7-2)29(20-22-12-8-11-21(3)18-22)26(31)15-10-17-30(36(5,33)34)23-13-9-14-24(19-23)35-4/h8-9,11-14,18-19,25H,6-7,10,15-17,20H2,1-5H3,(H,28,32). The van der Waals surface area contributed by atoms with Crippen LogP contribution < -0.4 is 14.4 Å². The highest BCUT2D eigenvalue weighted by molar-refractivity contribution is 7.92. The zero-order chi connectivity index (χ0) is 26.7. The molecule has 0 fully saturated rings. The van der Waals surface area contributed by atoms with Gasteiger partial charge in [0.15, 0.2) is 0 Å². The molecule has 0 saturated heterocycles. The van der Waals surface area contributed by atoms with Crippen molar-refractivity contribution in [1.82, 2.24) is 10.2 Å². The lowest BCUT2D eigenvalue weighted by molar-refractivity contribution is -0.141. The van der Waals surface area contributed by atoms with Gasteiger partial charge in [-0.3, -0.25) is 13.9 Å². The number of ether oxygens (including phenoxy) is 1. The van der Waals surface area contributed by atoms with Gasteiger partial charge < -0.3 is 15.0 Å². The maximum absolute atomic E-state index is 13.4. The Hall–Kier alpha value is -3.07. The van der Waals surface area contributed by atoms with E-state index in [1.807, 2.05) is 45.0 Å². The molecule has 2 aromatic carbocycles. The number of carbonyl (C=O) groups is 2. The van der Waals surface area contributed by atoms with Crippen LogP contribution >= 0.6 is 0 Å². The second kappa shape index (κ2) is 13.9. The van der Waals surface area contributed by atoms with Crippen molar-refractivity contribution >= 4 is 27.5 Å². The van der Waals surface area contributed by atoms with Crippen molar-refractivity contribution in [1.29, 1.82) is 0 Å². The number of methoxy groups -OCH3 is 1. The molecule has 0 aliphatic rings. The summed E-state index contributed by atoms with van der Waals surface area (Å²) >= 11 is 0. The second-order valence-electron chi connectivity index (χ2n) is 8.87. The molecule has 1 atom stereocenters. The van der Waals surface area contributed by atoms with Gasteiger partial charge in [0.25, 0.3) is 0 Å². The van der Waals surface area contributed by atoms with Crippen LogP contribution in [0.25, 0.3) is 0 Å². The molecule has 1 unspecified atom stereocenters. The highest BCUT2D eigenvalue weighted by Gasteiger charge is 2.28. The van der Waals surface area contributed by atoms with E-state index in [0.29, 0.717) is 37.4 Å². The zero-order valence-corrected chi connectivity index (χ0v) is 22.8. The van der Waals surface area contributed by atoms with Gasteiger partial charge in [0.1, 0.15) is 11.8 Å². The molecule has 2 amide bonds. The van der Waals surface area contributed by atoms with E-state index in [2.05, 4.69) is 5.32 Å². The molecule has 0 bridgehead atoms. The minimum absolute atomic E-state index is 0.110. The first-order valence-corrected chi connectivity index (χ1v) is 14.2. The first-order valence-electron chi connectivity index (χ1n) is 12.3. The van der Waals surface area contributed by atoms with E-state index in [-0.39, 0.29) is 24.8 Å². The fourth-order valence-electron chi connectivity index (χ4n) is 4.06. The predicted molar refractivity (Wildman–Crippen MR) is 144 cm³/mol. The predicted octanol–water partition coefficient (Wildman–Crippen LogP) is 3.88. The Bertz CT molecular complexity index is 1120. The molecule has 198 valence electrons. The lowest BCUT2D eigenvalue weighted by Gasteiger charge is -2.31. The summed E-state index contributed by atoms with van der Waals surface area (Å²) in [4.78, 5) is 27.9. The molecule has 0 aliphatic carbocycles. The van der Waals surface area contributed by atoms with E-state index >= 15 is 0 Å². The van der Waals surface area contributed by atoms with Gasteiger partial charge in [-0.15, -0.1) is 0 Å². The molecule has 36 heavy (non-hydrogen) atoms. The number of carbonyl (C=O) groups excluding carboxylic acids is 2. The normalized spacial score (nSPS) is 12.0. The Morgan fingerprint density at radius 3 is 2.42 bits per heavy atom. The number of anilines is 1. The molecule has 0 aromatic heterocycles. The second-order valence-corrected chi connectivity index (χ2v) is 10.8. The van der Waals surface area contributed by atoms with E-state index in [1.165, 1.54) is 11.4 Å². The fraction of sp³-hybridized carbons (Fsp3) is 0.481. The summed E-state index contributed by atoms with van der Waals surface area (Å²) in [6.45, 7) is 6.84. The van der Waals surface area contributed by atoms with Gasteiger partial charge in [0, 0.05) is 32.1 Å². The number of aryl methyl sites for hydroxylation is 1. The van der Waals surface area contributed by atoms with Crippen LogP contribution in [0.2, 0.25) is 0 Å². The van der Waals surface area contributed by atoms with Gasteiger partial charge in [-0.1, -0.05) is 49.7 Å². The minimum Gasteiger partial charge on any atom is -0.497 e. The molecule has 0 saturated carbocycles. The average molecular weight is 518 g/mol. The van der Waals surface area contributed by atoms with Crippen LogP contribution in [0.15, 0.2) is 48.5 Å². The van der Waals surface area contributed by atoms with Crippen molar-refractivity contribution in [2.24, 2.45) is 0 Å². The van der Waals surface area contributed by atoms with Crippen LogP contribution in [0, 0.1) is 6.92 Å². The molecular formula is C27H39N3O5S. The smallest absolute Gasteiger partial charge is 0.242 e. The van der Waals surface area contributed by atoms with E-state index in [4.69, 9.17) is 4.74 Å². The van der Waals surface area contributed by atoms with Crippen molar-refractivity contribution in [2.75, 3.05) is 30.8 Å². The summed E-state index contributed by atoms with van der Waals surface area (Å²) in [7, 11) is -2.05. The molecule has 0 heterocycles. The van der Waals surface area contributed by atoms with Crippen molar-refractivity contribution in [3.8, 4) is 5.75 Å². The fourth-order valence-corrected chi connectivity index (χ4v) is 5.02. The number of amides is 2.